The van der Waals surface area contributed by atoms with Crippen molar-refractivity contribution in [3.05, 3.63) is 79.6 Å². The molecule has 3 heterocycles. The van der Waals surface area contributed by atoms with E-state index >= 15 is 0 Å². The number of aromatic amines is 1. The number of aromatic nitrogens is 3. The Bertz CT molecular complexity index is 1330. The van der Waals surface area contributed by atoms with Gasteiger partial charge in [-0.05, 0) is 37.0 Å². The van der Waals surface area contributed by atoms with Crippen molar-refractivity contribution in [2.45, 2.75) is 33.7 Å². The molecular weight excluding hydrogens is 398 g/mol. The first kappa shape index (κ1) is 20.1. The fourth-order valence-electron chi connectivity index (χ4n) is 3.30. The summed E-state index contributed by atoms with van der Waals surface area (Å²) in [5.74, 6) is 0.288. The van der Waals surface area contributed by atoms with Crippen LogP contribution in [0.1, 0.15) is 30.2 Å². The van der Waals surface area contributed by atoms with Crippen molar-refractivity contribution >= 4 is 21.6 Å². The third-order valence-electron chi connectivity index (χ3n) is 5.12. The van der Waals surface area contributed by atoms with Crippen LogP contribution in [0.2, 0.25) is 0 Å². The smallest absolute Gasteiger partial charge is 0.263 e. The average molecular weight is 422 g/mol. The molecule has 0 amide bonds. The summed E-state index contributed by atoms with van der Waals surface area (Å²) in [7, 11) is 0. The summed E-state index contributed by atoms with van der Waals surface area (Å²) >= 11 is 1.46. The maximum Gasteiger partial charge on any atom is 0.263 e. The molecule has 6 nitrogen and oxygen atoms in total. The lowest BCUT2D eigenvalue weighted by Gasteiger charge is -2.09. The number of aryl methyl sites for hydroxylation is 2. The van der Waals surface area contributed by atoms with E-state index in [1.807, 2.05) is 18.4 Å². The minimum absolute atomic E-state index is 0.123. The van der Waals surface area contributed by atoms with Crippen molar-refractivity contribution in [2.24, 2.45) is 0 Å². The van der Waals surface area contributed by atoms with Crippen LogP contribution in [0.3, 0.4) is 0 Å². The molecule has 1 N–H and O–H groups in total. The summed E-state index contributed by atoms with van der Waals surface area (Å²) in [6.07, 6.45) is 3.91. The zero-order valence-electron chi connectivity index (χ0n) is 17.2. The number of hydrogen-bond acceptors (Lipinski definition) is 5. The number of nitrogens with one attached hydrogen (secondary N) is 1. The molecule has 0 saturated carbocycles. The van der Waals surface area contributed by atoms with Gasteiger partial charge in [-0.2, -0.15) is 0 Å². The van der Waals surface area contributed by atoms with E-state index < -0.39 is 0 Å². The summed E-state index contributed by atoms with van der Waals surface area (Å²) in [6, 6.07) is 7.67. The Morgan fingerprint density at radius 3 is 2.73 bits per heavy atom. The van der Waals surface area contributed by atoms with Gasteiger partial charge >= 0.3 is 0 Å². The summed E-state index contributed by atoms with van der Waals surface area (Å²) in [4.78, 5) is 33.7. The van der Waals surface area contributed by atoms with Crippen LogP contribution in [-0.4, -0.2) is 21.1 Å². The standard InChI is InChI=1S/C23H23N3O3S/c1-4-7-29-20-10-24-17(9-19(20)27)11-26-13-25-22-21(23(26)28)18(12-30-22)16-6-5-14(2)15(3)8-16/h5-6,8-10,12-13H,4,7,11H2,1-3H3,(H,24,27). The number of thiophene rings is 1. The summed E-state index contributed by atoms with van der Waals surface area (Å²) in [6.45, 7) is 6.83. The van der Waals surface area contributed by atoms with E-state index in [2.05, 4.69) is 35.9 Å². The number of rotatable bonds is 6. The van der Waals surface area contributed by atoms with Gasteiger partial charge in [-0.3, -0.25) is 14.2 Å². The number of hydrogen-bond donors (Lipinski definition) is 1. The predicted molar refractivity (Wildman–Crippen MR) is 121 cm³/mol. The van der Waals surface area contributed by atoms with Crippen LogP contribution in [0.4, 0.5) is 0 Å². The van der Waals surface area contributed by atoms with Crippen LogP contribution in [0.15, 0.2) is 51.8 Å². The number of ether oxygens (including phenoxy) is 1. The van der Waals surface area contributed by atoms with E-state index in [0.717, 1.165) is 17.5 Å². The molecule has 0 atom stereocenters. The minimum atomic E-state index is -0.203. The lowest BCUT2D eigenvalue weighted by molar-refractivity contribution is 0.313. The van der Waals surface area contributed by atoms with Crippen molar-refractivity contribution in [2.75, 3.05) is 6.61 Å². The van der Waals surface area contributed by atoms with E-state index in [9.17, 15) is 9.59 Å². The van der Waals surface area contributed by atoms with Crippen LogP contribution in [0.5, 0.6) is 5.75 Å². The highest BCUT2D eigenvalue weighted by atomic mass is 32.1. The fraction of sp³-hybridized carbons (Fsp3) is 0.261. The second-order valence-electron chi connectivity index (χ2n) is 7.34. The summed E-state index contributed by atoms with van der Waals surface area (Å²) in [5, 5.41) is 2.59. The minimum Gasteiger partial charge on any atom is -0.488 e. The molecule has 0 radical (unpaired) electrons. The van der Waals surface area contributed by atoms with E-state index in [1.165, 1.54) is 39.4 Å². The van der Waals surface area contributed by atoms with Crippen molar-refractivity contribution in [1.82, 2.24) is 14.5 Å². The quantitative estimate of drug-likeness (QED) is 0.504. The van der Waals surface area contributed by atoms with Crippen molar-refractivity contribution in [3.63, 3.8) is 0 Å². The van der Waals surface area contributed by atoms with E-state index in [-0.39, 0.29) is 23.3 Å². The Labute approximate surface area is 177 Å². The Hall–Kier alpha value is -3.19. The van der Waals surface area contributed by atoms with Crippen LogP contribution in [0, 0.1) is 13.8 Å². The molecule has 0 bridgehead atoms. The van der Waals surface area contributed by atoms with Gasteiger partial charge in [0.25, 0.3) is 5.56 Å². The van der Waals surface area contributed by atoms with Crippen molar-refractivity contribution < 1.29 is 4.74 Å². The number of benzene rings is 1. The highest BCUT2D eigenvalue weighted by molar-refractivity contribution is 7.17. The third kappa shape index (κ3) is 3.80. The van der Waals surface area contributed by atoms with E-state index in [1.54, 1.807) is 6.20 Å². The molecule has 4 rings (SSSR count). The van der Waals surface area contributed by atoms with Gasteiger partial charge in [0, 0.05) is 28.9 Å². The molecule has 0 aliphatic rings. The average Bonchev–Trinajstić information content (AvgIpc) is 3.16. The zero-order valence-corrected chi connectivity index (χ0v) is 18.0. The Morgan fingerprint density at radius 2 is 2.00 bits per heavy atom. The monoisotopic (exact) mass is 421 g/mol. The molecule has 0 aliphatic carbocycles. The second kappa shape index (κ2) is 8.28. The van der Waals surface area contributed by atoms with Crippen molar-refractivity contribution in [1.29, 1.82) is 0 Å². The highest BCUT2D eigenvalue weighted by Crippen LogP contribution is 2.31. The van der Waals surface area contributed by atoms with Crippen LogP contribution in [0.25, 0.3) is 21.3 Å². The SMILES string of the molecule is CCCOc1c[nH]c(Cn2cnc3scc(-c4ccc(C)c(C)c4)c3c2=O)cc1=O. The molecular formula is C23H23N3O3S. The van der Waals surface area contributed by atoms with Gasteiger partial charge in [-0.15, -0.1) is 11.3 Å². The summed E-state index contributed by atoms with van der Waals surface area (Å²) < 4.78 is 6.95. The highest BCUT2D eigenvalue weighted by Gasteiger charge is 2.14. The molecule has 3 aromatic heterocycles. The maximum atomic E-state index is 13.2. The molecule has 0 unspecified atom stereocenters. The van der Waals surface area contributed by atoms with Gasteiger partial charge in [-0.25, -0.2) is 4.98 Å². The van der Waals surface area contributed by atoms with Gasteiger partial charge < -0.3 is 9.72 Å². The second-order valence-corrected chi connectivity index (χ2v) is 8.20. The molecule has 1 aromatic carbocycles. The number of H-pyrrole nitrogens is 1. The number of fused-ring (bicyclic) bond motifs is 1. The molecule has 7 heteroatoms. The first-order valence-corrected chi connectivity index (χ1v) is 10.7. The normalized spacial score (nSPS) is 11.2. The molecule has 0 aliphatic heterocycles. The van der Waals surface area contributed by atoms with Gasteiger partial charge in [0.15, 0.2) is 5.75 Å². The van der Waals surface area contributed by atoms with Crippen molar-refractivity contribution in [3.8, 4) is 16.9 Å². The molecule has 4 aromatic rings. The summed E-state index contributed by atoms with van der Waals surface area (Å²) in [5.41, 5.74) is 4.58. The lowest BCUT2D eigenvalue weighted by atomic mass is 10.0. The predicted octanol–water partition coefficient (Wildman–Crippen LogP) is 4.27. The maximum absolute atomic E-state index is 13.2. The van der Waals surface area contributed by atoms with Crippen LogP contribution >= 0.6 is 11.3 Å². The van der Waals surface area contributed by atoms with Gasteiger partial charge in [0.1, 0.15) is 4.83 Å². The molecule has 0 fully saturated rings. The topological polar surface area (TPSA) is 77.0 Å². The first-order chi connectivity index (χ1) is 14.5. The van der Waals surface area contributed by atoms with Crippen LogP contribution in [-0.2, 0) is 6.54 Å². The molecule has 154 valence electrons. The van der Waals surface area contributed by atoms with Gasteiger partial charge in [0.2, 0.25) is 5.43 Å². The Morgan fingerprint density at radius 1 is 1.17 bits per heavy atom. The van der Waals surface area contributed by atoms with E-state index in [4.69, 9.17) is 4.74 Å². The van der Waals surface area contributed by atoms with E-state index in [0.29, 0.717) is 22.5 Å². The molecule has 30 heavy (non-hydrogen) atoms. The molecule has 0 spiro atoms. The largest absolute Gasteiger partial charge is 0.488 e. The molecule has 0 saturated heterocycles. The Balaban J connectivity index is 1.72. The third-order valence-corrected chi connectivity index (χ3v) is 6.00. The van der Waals surface area contributed by atoms with Gasteiger partial charge in [-0.1, -0.05) is 25.1 Å². The fourth-order valence-corrected chi connectivity index (χ4v) is 4.21. The Kier molecular flexibility index (Phi) is 5.55. The van der Waals surface area contributed by atoms with Crippen LogP contribution < -0.4 is 15.7 Å². The number of nitrogens with zero attached hydrogens (tertiary/aromatic N) is 2. The number of pyridine rings is 1. The zero-order chi connectivity index (χ0) is 21.3. The lowest BCUT2D eigenvalue weighted by Crippen LogP contribution is -2.22. The first-order valence-electron chi connectivity index (χ1n) is 9.86. The van der Waals surface area contributed by atoms with Gasteiger partial charge in [0.05, 0.1) is 24.9 Å².